The summed E-state index contributed by atoms with van der Waals surface area (Å²) in [5, 5.41) is 20.0. The number of phenols is 2. The molecule has 4 nitrogen and oxygen atoms in total. The van der Waals surface area contributed by atoms with Gasteiger partial charge in [0.15, 0.2) is 5.75 Å². The molecule has 27 heavy (non-hydrogen) atoms. The molecule has 0 aliphatic heterocycles. The van der Waals surface area contributed by atoms with Gasteiger partial charge in [-0.25, -0.2) is 0 Å². The van der Waals surface area contributed by atoms with E-state index < -0.39 is 0 Å². The molecule has 0 fully saturated rings. The van der Waals surface area contributed by atoms with Crippen LogP contribution in [0.5, 0.6) is 23.0 Å². The second-order valence-corrected chi connectivity index (χ2v) is 7.84. The van der Waals surface area contributed by atoms with Crippen molar-refractivity contribution in [3.8, 4) is 23.0 Å². The van der Waals surface area contributed by atoms with E-state index >= 15 is 0 Å². The second kappa shape index (κ2) is 7.06. The maximum absolute atomic E-state index is 13.1. The molecule has 1 heterocycles. The van der Waals surface area contributed by atoms with Crippen LogP contribution in [0.25, 0.3) is 10.1 Å². The van der Waals surface area contributed by atoms with Gasteiger partial charge in [-0.15, -0.1) is 11.3 Å². The van der Waals surface area contributed by atoms with Gasteiger partial charge in [-0.2, -0.15) is 0 Å². The van der Waals surface area contributed by atoms with E-state index in [9.17, 15) is 15.0 Å². The first kappa shape index (κ1) is 17.6. The van der Waals surface area contributed by atoms with E-state index in [1.807, 2.05) is 24.3 Å². The molecule has 2 N–H and O–H groups in total. The Morgan fingerprint density at radius 2 is 1.56 bits per heavy atom. The summed E-state index contributed by atoms with van der Waals surface area (Å²) in [5.74, 6) is 1.07. The Morgan fingerprint density at radius 3 is 2.26 bits per heavy atom. The maximum Gasteiger partial charge on any atom is 0.206 e. The number of rotatable bonds is 4. The molecule has 0 aliphatic carbocycles. The molecule has 0 aliphatic rings. The van der Waals surface area contributed by atoms with Crippen LogP contribution < -0.4 is 4.74 Å². The summed E-state index contributed by atoms with van der Waals surface area (Å²) in [4.78, 5) is 13.5. The molecule has 6 heteroatoms. The smallest absolute Gasteiger partial charge is 0.206 e. The molecule has 0 spiro atoms. The highest BCUT2D eigenvalue weighted by Gasteiger charge is 2.22. The van der Waals surface area contributed by atoms with E-state index in [0.717, 1.165) is 14.6 Å². The lowest BCUT2D eigenvalue weighted by atomic mass is 10.1. The minimum Gasteiger partial charge on any atom is -0.508 e. The van der Waals surface area contributed by atoms with Crippen molar-refractivity contribution < 1.29 is 19.7 Å². The van der Waals surface area contributed by atoms with E-state index in [2.05, 4.69) is 15.9 Å². The Hall–Kier alpha value is -2.83. The molecule has 1 aromatic heterocycles. The number of halogens is 1. The van der Waals surface area contributed by atoms with Crippen LogP contribution in [0.15, 0.2) is 71.2 Å². The molecule has 3 aromatic carbocycles. The summed E-state index contributed by atoms with van der Waals surface area (Å²) in [6, 6.07) is 18.3. The first-order valence-corrected chi connectivity index (χ1v) is 9.65. The number of carbonyl (C=O) groups is 1. The van der Waals surface area contributed by atoms with Crippen molar-refractivity contribution in [1.29, 1.82) is 0 Å². The molecule has 0 saturated heterocycles. The Morgan fingerprint density at radius 1 is 0.889 bits per heavy atom. The van der Waals surface area contributed by atoms with Gasteiger partial charge in [-0.3, -0.25) is 4.79 Å². The molecule has 0 saturated carbocycles. The Kier molecular flexibility index (Phi) is 4.59. The van der Waals surface area contributed by atoms with Crippen molar-refractivity contribution in [2.75, 3.05) is 0 Å². The average Bonchev–Trinajstić information content (AvgIpc) is 3.01. The average molecular weight is 441 g/mol. The van der Waals surface area contributed by atoms with E-state index in [1.165, 1.54) is 23.5 Å². The first-order valence-electron chi connectivity index (χ1n) is 8.04. The van der Waals surface area contributed by atoms with Gasteiger partial charge in [0.2, 0.25) is 5.78 Å². The lowest BCUT2D eigenvalue weighted by molar-refractivity contribution is 0.104. The number of aromatic hydroxyl groups is 2. The minimum absolute atomic E-state index is 0.0964. The van der Waals surface area contributed by atoms with Gasteiger partial charge in [-0.1, -0.05) is 15.9 Å². The number of hydrogen-bond donors (Lipinski definition) is 2. The minimum atomic E-state index is -0.206. The third-order valence-electron chi connectivity index (χ3n) is 4.00. The number of fused-ring (bicyclic) bond motifs is 1. The number of carbonyl (C=O) groups excluding carboxylic acids is 1. The summed E-state index contributed by atoms with van der Waals surface area (Å²) in [5.41, 5.74) is 0.448. The van der Waals surface area contributed by atoms with Crippen molar-refractivity contribution in [1.82, 2.24) is 0 Å². The molecule has 134 valence electrons. The van der Waals surface area contributed by atoms with Crippen LogP contribution in [0.3, 0.4) is 0 Å². The fraction of sp³-hybridized carbons (Fsp3) is 0. The van der Waals surface area contributed by atoms with Crippen molar-refractivity contribution >= 4 is 43.1 Å². The molecule has 0 amide bonds. The van der Waals surface area contributed by atoms with Crippen molar-refractivity contribution in [3.05, 3.63) is 81.6 Å². The molecular weight excluding hydrogens is 428 g/mol. The molecule has 4 rings (SSSR count). The summed E-state index contributed by atoms with van der Waals surface area (Å²) >= 11 is 4.65. The standard InChI is InChI=1S/C21H13BrO4S/c22-13-3-8-16(9-4-13)26-20-17-10-7-15(24)11-18(17)27-21(20)19(25)12-1-5-14(23)6-2-12/h1-11,23-24H. The van der Waals surface area contributed by atoms with Crippen LogP contribution in [-0.4, -0.2) is 16.0 Å². The van der Waals surface area contributed by atoms with E-state index in [4.69, 9.17) is 4.74 Å². The van der Waals surface area contributed by atoms with Crippen molar-refractivity contribution in [3.63, 3.8) is 0 Å². The Balaban J connectivity index is 1.84. The van der Waals surface area contributed by atoms with Crippen molar-refractivity contribution in [2.24, 2.45) is 0 Å². The van der Waals surface area contributed by atoms with Crippen LogP contribution in [0, 0.1) is 0 Å². The van der Waals surface area contributed by atoms with Crippen LogP contribution in [0.4, 0.5) is 0 Å². The van der Waals surface area contributed by atoms with Crippen LogP contribution in [-0.2, 0) is 0 Å². The molecule has 4 aromatic rings. The fourth-order valence-corrected chi connectivity index (χ4v) is 4.07. The molecule has 0 atom stereocenters. The van der Waals surface area contributed by atoms with E-state index in [1.54, 1.807) is 30.3 Å². The summed E-state index contributed by atoms with van der Waals surface area (Å²) in [6.07, 6.45) is 0. The number of phenolic OH excluding ortho intramolecular Hbond substituents is 2. The topological polar surface area (TPSA) is 66.8 Å². The van der Waals surface area contributed by atoms with E-state index in [-0.39, 0.29) is 17.3 Å². The van der Waals surface area contributed by atoms with Crippen LogP contribution in [0.2, 0.25) is 0 Å². The number of thiophene rings is 1. The summed E-state index contributed by atoms with van der Waals surface area (Å²) < 4.78 is 7.74. The van der Waals surface area contributed by atoms with Gasteiger partial charge in [0.25, 0.3) is 0 Å². The second-order valence-electron chi connectivity index (χ2n) is 5.87. The van der Waals surface area contributed by atoms with Gasteiger partial charge in [0, 0.05) is 20.1 Å². The highest BCUT2D eigenvalue weighted by atomic mass is 79.9. The maximum atomic E-state index is 13.1. The zero-order valence-corrected chi connectivity index (χ0v) is 16.3. The Labute approximate surface area is 167 Å². The number of benzene rings is 3. The summed E-state index contributed by atoms with van der Waals surface area (Å²) in [7, 11) is 0. The molecule has 0 bridgehead atoms. The van der Waals surface area contributed by atoms with Gasteiger partial charge >= 0.3 is 0 Å². The Bertz CT molecular complexity index is 1130. The molecular formula is C21H13BrO4S. The van der Waals surface area contributed by atoms with Crippen LogP contribution in [0.1, 0.15) is 15.2 Å². The van der Waals surface area contributed by atoms with Gasteiger partial charge in [-0.05, 0) is 66.7 Å². The summed E-state index contributed by atoms with van der Waals surface area (Å²) in [6.45, 7) is 0. The zero-order valence-electron chi connectivity index (χ0n) is 13.8. The third kappa shape index (κ3) is 3.54. The molecule has 0 unspecified atom stereocenters. The number of ether oxygens (including phenoxy) is 1. The molecule has 0 radical (unpaired) electrons. The quantitative estimate of drug-likeness (QED) is 0.376. The largest absolute Gasteiger partial charge is 0.508 e. The normalized spacial score (nSPS) is 10.9. The third-order valence-corrected chi connectivity index (χ3v) is 5.66. The lowest BCUT2D eigenvalue weighted by Crippen LogP contribution is -2.00. The predicted octanol–water partition coefficient (Wildman–Crippen LogP) is 6.10. The van der Waals surface area contributed by atoms with Gasteiger partial charge in [0.1, 0.15) is 22.1 Å². The van der Waals surface area contributed by atoms with Gasteiger partial charge < -0.3 is 14.9 Å². The highest BCUT2D eigenvalue weighted by Crippen LogP contribution is 2.42. The first-order chi connectivity index (χ1) is 13.0. The predicted molar refractivity (Wildman–Crippen MR) is 109 cm³/mol. The van der Waals surface area contributed by atoms with E-state index in [0.29, 0.717) is 21.9 Å². The highest BCUT2D eigenvalue weighted by molar-refractivity contribution is 9.10. The van der Waals surface area contributed by atoms with Crippen molar-refractivity contribution in [2.45, 2.75) is 0 Å². The number of ketones is 1. The monoisotopic (exact) mass is 440 g/mol. The number of hydrogen-bond acceptors (Lipinski definition) is 5. The van der Waals surface area contributed by atoms with Crippen LogP contribution >= 0.6 is 27.3 Å². The SMILES string of the molecule is O=C(c1ccc(O)cc1)c1sc2cc(O)ccc2c1Oc1ccc(Br)cc1. The zero-order chi connectivity index (χ0) is 19.0. The van der Waals surface area contributed by atoms with Gasteiger partial charge in [0.05, 0.1) is 0 Å². The fourth-order valence-electron chi connectivity index (χ4n) is 2.68. The lowest BCUT2D eigenvalue weighted by Gasteiger charge is -2.08.